The molecule has 0 N–H and O–H groups in total. The second kappa shape index (κ2) is 14.9. The highest BCUT2D eigenvalue weighted by Crippen LogP contribution is 2.05. The third-order valence-electron chi connectivity index (χ3n) is 2.78. The number of unbranched alkanes of at least 4 members (excludes halogenated alkanes) is 7. The molecule has 2 heteroatoms. The lowest BCUT2D eigenvalue weighted by Crippen LogP contribution is -1.98. The van der Waals surface area contributed by atoms with Crippen LogP contribution in [-0.2, 0) is 9.47 Å². The highest BCUT2D eigenvalue weighted by atomic mass is 16.5. The normalized spacial score (nSPS) is 10.9. The van der Waals surface area contributed by atoms with Gasteiger partial charge in [-0.15, -0.1) is 0 Å². The number of rotatable bonds is 13. The largest absolute Gasteiger partial charge is 0.385 e. The Morgan fingerprint density at radius 2 is 1.12 bits per heavy atom. The number of hydrogen-bond acceptors (Lipinski definition) is 2. The zero-order chi connectivity index (χ0) is 11.9. The molecule has 0 aliphatic rings. The van der Waals surface area contributed by atoms with E-state index >= 15 is 0 Å². The number of hydrogen-bond donors (Lipinski definition) is 0. The van der Waals surface area contributed by atoms with Crippen LogP contribution in [-0.4, -0.2) is 26.9 Å². The van der Waals surface area contributed by atoms with Crippen molar-refractivity contribution in [2.24, 2.45) is 0 Å². The molecule has 0 unspecified atom stereocenters. The molecular formula is C14H30O2. The van der Waals surface area contributed by atoms with Gasteiger partial charge in [-0.3, -0.25) is 0 Å². The first-order valence-electron chi connectivity index (χ1n) is 6.98. The summed E-state index contributed by atoms with van der Waals surface area (Å²) in [6.45, 7) is 5.03. The monoisotopic (exact) mass is 230 g/mol. The Morgan fingerprint density at radius 3 is 1.75 bits per heavy atom. The van der Waals surface area contributed by atoms with Crippen LogP contribution in [0.5, 0.6) is 0 Å². The molecule has 0 aromatic rings. The molecule has 0 atom stereocenters. The van der Waals surface area contributed by atoms with Crippen molar-refractivity contribution >= 4 is 0 Å². The summed E-state index contributed by atoms with van der Waals surface area (Å²) >= 11 is 0. The van der Waals surface area contributed by atoms with Crippen molar-refractivity contribution in [1.82, 2.24) is 0 Å². The van der Waals surface area contributed by atoms with Gasteiger partial charge in [0.25, 0.3) is 0 Å². The summed E-state index contributed by atoms with van der Waals surface area (Å²) < 4.78 is 10.6. The standard InChI is InChI=1S/C14H30O2/c1-3-4-5-6-7-10-13-16-14-11-8-9-12-15-2/h3-14H2,1-2H3. The minimum atomic E-state index is 0.886. The Kier molecular flexibility index (Phi) is 14.8. The van der Waals surface area contributed by atoms with E-state index in [4.69, 9.17) is 9.47 Å². The van der Waals surface area contributed by atoms with Crippen LogP contribution in [0.4, 0.5) is 0 Å². The Morgan fingerprint density at radius 1 is 0.625 bits per heavy atom. The van der Waals surface area contributed by atoms with Crippen LogP contribution in [0.2, 0.25) is 0 Å². The smallest absolute Gasteiger partial charge is 0.0466 e. The minimum absolute atomic E-state index is 0.886. The SMILES string of the molecule is CCCCCCCCOCCCCCOC. The van der Waals surface area contributed by atoms with Crippen molar-refractivity contribution in [2.45, 2.75) is 64.7 Å². The molecule has 0 rings (SSSR count). The van der Waals surface area contributed by atoms with E-state index < -0.39 is 0 Å². The van der Waals surface area contributed by atoms with E-state index in [0.29, 0.717) is 0 Å². The van der Waals surface area contributed by atoms with Gasteiger partial charge in [0, 0.05) is 26.9 Å². The van der Waals surface area contributed by atoms with E-state index in [1.807, 2.05) is 0 Å². The second-order valence-electron chi connectivity index (χ2n) is 4.43. The minimum Gasteiger partial charge on any atom is -0.385 e. The van der Waals surface area contributed by atoms with Gasteiger partial charge in [-0.25, -0.2) is 0 Å². The molecule has 0 fully saturated rings. The fourth-order valence-electron chi connectivity index (χ4n) is 1.71. The maximum Gasteiger partial charge on any atom is 0.0466 e. The number of ether oxygens (including phenoxy) is 2. The Balaban J connectivity index is 2.83. The van der Waals surface area contributed by atoms with Crippen molar-refractivity contribution in [3.8, 4) is 0 Å². The van der Waals surface area contributed by atoms with Gasteiger partial charge in [0.1, 0.15) is 0 Å². The van der Waals surface area contributed by atoms with Crippen LogP contribution in [0.3, 0.4) is 0 Å². The molecule has 0 radical (unpaired) electrons. The van der Waals surface area contributed by atoms with E-state index in [0.717, 1.165) is 26.2 Å². The lowest BCUT2D eigenvalue weighted by molar-refractivity contribution is 0.122. The topological polar surface area (TPSA) is 18.5 Å². The molecule has 98 valence electrons. The van der Waals surface area contributed by atoms with Gasteiger partial charge in [-0.2, -0.15) is 0 Å². The van der Waals surface area contributed by atoms with Gasteiger partial charge < -0.3 is 9.47 Å². The third-order valence-corrected chi connectivity index (χ3v) is 2.78. The predicted octanol–water partition coefficient (Wildman–Crippen LogP) is 4.18. The quantitative estimate of drug-likeness (QED) is 0.442. The van der Waals surface area contributed by atoms with Gasteiger partial charge in [-0.05, 0) is 25.7 Å². The van der Waals surface area contributed by atoms with Gasteiger partial charge >= 0.3 is 0 Å². The van der Waals surface area contributed by atoms with E-state index in [9.17, 15) is 0 Å². The highest BCUT2D eigenvalue weighted by Gasteiger charge is 1.92. The van der Waals surface area contributed by atoms with Crippen molar-refractivity contribution < 1.29 is 9.47 Å². The van der Waals surface area contributed by atoms with Crippen molar-refractivity contribution in [3.63, 3.8) is 0 Å². The van der Waals surface area contributed by atoms with Crippen molar-refractivity contribution in [1.29, 1.82) is 0 Å². The Bertz CT molecular complexity index is 101. The van der Waals surface area contributed by atoms with E-state index in [1.54, 1.807) is 7.11 Å². The molecule has 16 heavy (non-hydrogen) atoms. The Hall–Kier alpha value is -0.0800. The van der Waals surface area contributed by atoms with Gasteiger partial charge in [0.15, 0.2) is 0 Å². The summed E-state index contributed by atoms with van der Waals surface area (Å²) in [7, 11) is 1.76. The summed E-state index contributed by atoms with van der Waals surface area (Å²) in [5, 5.41) is 0. The second-order valence-corrected chi connectivity index (χ2v) is 4.43. The Labute approximate surface area is 102 Å². The molecule has 0 bridgehead atoms. The highest BCUT2D eigenvalue weighted by molar-refractivity contribution is 4.44. The fourth-order valence-corrected chi connectivity index (χ4v) is 1.71. The van der Waals surface area contributed by atoms with Gasteiger partial charge in [-0.1, -0.05) is 39.0 Å². The van der Waals surface area contributed by atoms with Crippen LogP contribution in [0.25, 0.3) is 0 Å². The lowest BCUT2D eigenvalue weighted by Gasteiger charge is -2.04. The fraction of sp³-hybridized carbons (Fsp3) is 1.00. The maximum absolute atomic E-state index is 5.58. The van der Waals surface area contributed by atoms with Crippen molar-refractivity contribution in [3.05, 3.63) is 0 Å². The van der Waals surface area contributed by atoms with Crippen LogP contribution < -0.4 is 0 Å². The van der Waals surface area contributed by atoms with Crippen LogP contribution >= 0.6 is 0 Å². The van der Waals surface area contributed by atoms with Gasteiger partial charge in [0.2, 0.25) is 0 Å². The third kappa shape index (κ3) is 13.9. The molecule has 0 spiro atoms. The number of methoxy groups -OCH3 is 1. The van der Waals surface area contributed by atoms with Gasteiger partial charge in [0.05, 0.1) is 0 Å². The van der Waals surface area contributed by atoms with E-state index in [1.165, 1.54) is 51.4 Å². The summed E-state index contributed by atoms with van der Waals surface area (Å²) in [5.74, 6) is 0. The summed E-state index contributed by atoms with van der Waals surface area (Å²) in [6.07, 6.45) is 11.6. The zero-order valence-electron chi connectivity index (χ0n) is 11.3. The predicted molar refractivity (Wildman–Crippen MR) is 69.9 cm³/mol. The van der Waals surface area contributed by atoms with Crippen LogP contribution in [0.15, 0.2) is 0 Å². The molecule has 0 heterocycles. The van der Waals surface area contributed by atoms with Crippen LogP contribution in [0.1, 0.15) is 64.7 Å². The first-order valence-corrected chi connectivity index (χ1v) is 6.98. The molecule has 0 aliphatic carbocycles. The van der Waals surface area contributed by atoms with Crippen LogP contribution in [0, 0.1) is 0 Å². The molecule has 0 amide bonds. The average Bonchev–Trinajstić information content (AvgIpc) is 2.31. The lowest BCUT2D eigenvalue weighted by atomic mass is 10.1. The molecule has 0 aliphatic heterocycles. The summed E-state index contributed by atoms with van der Waals surface area (Å²) in [4.78, 5) is 0. The summed E-state index contributed by atoms with van der Waals surface area (Å²) in [6, 6.07) is 0. The first kappa shape index (κ1) is 15.9. The first-order chi connectivity index (χ1) is 7.91. The van der Waals surface area contributed by atoms with E-state index in [2.05, 4.69) is 6.92 Å². The zero-order valence-corrected chi connectivity index (χ0v) is 11.3. The van der Waals surface area contributed by atoms with Crippen molar-refractivity contribution in [2.75, 3.05) is 26.9 Å². The molecule has 0 saturated carbocycles. The molecular weight excluding hydrogens is 200 g/mol. The van der Waals surface area contributed by atoms with E-state index in [-0.39, 0.29) is 0 Å². The summed E-state index contributed by atoms with van der Waals surface area (Å²) in [5.41, 5.74) is 0. The molecule has 0 aromatic heterocycles. The molecule has 0 aromatic carbocycles. The molecule has 0 saturated heterocycles. The maximum atomic E-state index is 5.58. The average molecular weight is 230 g/mol. The molecule has 2 nitrogen and oxygen atoms in total.